The van der Waals surface area contributed by atoms with Crippen molar-refractivity contribution in [3.63, 3.8) is 0 Å². The number of rotatable bonds is 4. The fourth-order valence-electron chi connectivity index (χ4n) is 4.12. The Hall–Kier alpha value is -1.84. The summed E-state index contributed by atoms with van der Waals surface area (Å²) in [5, 5.41) is 3.16. The third-order valence-corrected chi connectivity index (χ3v) is 5.66. The van der Waals surface area contributed by atoms with Crippen LogP contribution in [0.5, 0.6) is 0 Å². The fraction of sp³-hybridized carbons (Fsp3) is 0.600. The largest absolute Gasteiger partial charge is 0.356 e. The van der Waals surface area contributed by atoms with E-state index in [0.29, 0.717) is 18.8 Å². The molecule has 1 aromatic carbocycles. The molecule has 1 saturated carbocycles. The molecule has 4 nitrogen and oxygen atoms in total. The Morgan fingerprint density at radius 3 is 2.50 bits per heavy atom. The van der Waals surface area contributed by atoms with Gasteiger partial charge in [-0.15, -0.1) is 0 Å². The number of likely N-dealkylation sites (tertiary alicyclic amines) is 1. The highest BCUT2D eigenvalue weighted by Crippen LogP contribution is 2.36. The van der Waals surface area contributed by atoms with Gasteiger partial charge in [-0.2, -0.15) is 0 Å². The first-order valence-electron chi connectivity index (χ1n) is 9.16. The van der Waals surface area contributed by atoms with Gasteiger partial charge in [0.25, 0.3) is 0 Å². The number of piperidine rings is 1. The summed E-state index contributed by atoms with van der Waals surface area (Å²) in [6, 6.07) is 8.04. The van der Waals surface area contributed by atoms with Gasteiger partial charge < -0.3 is 10.2 Å². The van der Waals surface area contributed by atoms with E-state index >= 15 is 0 Å². The van der Waals surface area contributed by atoms with Crippen molar-refractivity contribution in [3.05, 3.63) is 35.4 Å². The zero-order chi connectivity index (χ0) is 17.1. The van der Waals surface area contributed by atoms with Crippen molar-refractivity contribution in [2.75, 3.05) is 13.6 Å². The number of hydrogen-bond donors (Lipinski definition) is 1. The van der Waals surface area contributed by atoms with Gasteiger partial charge in [-0.25, -0.2) is 0 Å². The van der Waals surface area contributed by atoms with Crippen molar-refractivity contribution >= 4 is 11.8 Å². The quantitative estimate of drug-likeness (QED) is 0.922. The summed E-state index contributed by atoms with van der Waals surface area (Å²) < 4.78 is 0. The minimum absolute atomic E-state index is 0.104. The molecule has 1 heterocycles. The molecule has 1 aromatic rings. The zero-order valence-corrected chi connectivity index (χ0v) is 14.8. The summed E-state index contributed by atoms with van der Waals surface area (Å²) in [6.45, 7) is 2.83. The van der Waals surface area contributed by atoms with Crippen LogP contribution in [0.2, 0.25) is 0 Å². The van der Waals surface area contributed by atoms with Crippen molar-refractivity contribution in [1.82, 2.24) is 10.2 Å². The van der Waals surface area contributed by atoms with Crippen molar-refractivity contribution in [2.24, 2.45) is 11.8 Å². The number of nitrogens with zero attached hydrogens (tertiary/aromatic N) is 1. The fourth-order valence-corrected chi connectivity index (χ4v) is 4.12. The Morgan fingerprint density at radius 2 is 1.83 bits per heavy atom. The molecule has 0 unspecified atom stereocenters. The highest BCUT2D eigenvalue weighted by atomic mass is 16.2. The Labute approximate surface area is 144 Å². The van der Waals surface area contributed by atoms with E-state index in [1.165, 1.54) is 31.2 Å². The number of carbonyl (C=O) groups excluding carboxylic acids is 2. The number of nitrogens with one attached hydrogen (secondary N) is 1. The zero-order valence-electron chi connectivity index (χ0n) is 14.8. The summed E-state index contributed by atoms with van der Waals surface area (Å²) in [5.41, 5.74) is 2.24. The maximum Gasteiger partial charge on any atom is 0.225 e. The van der Waals surface area contributed by atoms with Crippen LogP contribution in [-0.2, 0) is 9.59 Å². The van der Waals surface area contributed by atoms with Gasteiger partial charge >= 0.3 is 0 Å². The van der Waals surface area contributed by atoms with E-state index < -0.39 is 0 Å². The second-order valence-electron chi connectivity index (χ2n) is 7.40. The van der Waals surface area contributed by atoms with Crippen LogP contribution in [0.3, 0.4) is 0 Å². The minimum atomic E-state index is -0.157. The third-order valence-electron chi connectivity index (χ3n) is 5.66. The Bertz CT molecular complexity index is 590. The smallest absolute Gasteiger partial charge is 0.225 e. The van der Waals surface area contributed by atoms with E-state index in [1.54, 1.807) is 4.90 Å². The van der Waals surface area contributed by atoms with Gasteiger partial charge in [0.15, 0.2) is 0 Å². The lowest BCUT2D eigenvalue weighted by Crippen LogP contribution is -2.47. The Balaban J connectivity index is 1.74. The molecule has 2 atom stereocenters. The maximum absolute atomic E-state index is 12.8. The second kappa shape index (κ2) is 7.37. The molecule has 0 radical (unpaired) electrons. The number of hydrogen-bond acceptors (Lipinski definition) is 2. The second-order valence-corrected chi connectivity index (χ2v) is 7.40. The average Bonchev–Trinajstić information content (AvgIpc) is 3.09. The van der Waals surface area contributed by atoms with Crippen LogP contribution < -0.4 is 5.32 Å². The topological polar surface area (TPSA) is 49.4 Å². The Morgan fingerprint density at radius 1 is 1.17 bits per heavy atom. The van der Waals surface area contributed by atoms with Crippen LogP contribution in [0.25, 0.3) is 0 Å². The van der Waals surface area contributed by atoms with Crippen molar-refractivity contribution in [2.45, 2.75) is 51.5 Å². The number of benzene rings is 1. The monoisotopic (exact) mass is 328 g/mol. The average molecular weight is 328 g/mol. The van der Waals surface area contributed by atoms with E-state index in [4.69, 9.17) is 0 Å². The highest BCUT2D eigenvalue weighted by Gasteiger charge is 2.38. The van der Waals surface area contributed by atoms with E-state index in [-0.39, 0.29) is 23.8 Å². The summed E-state index contributed by atoms with van der Waals surface area (Å²) in [4.78, 5) is 26.7. The molecule has 2 aliphatic rings. The molecule has 0 aromatic heterocycles. The number of amides is 2. The molecule has 2 fully saturated rings. The number of carbonyl (C=O) groups is 2. The molecular formula is C20H28N2O2. The van der Waals surface area contributed by atoms with Crippen LogP contribution in [0.15, 0.2) is 24.3 Å². The lowest BCUT2D eigenvalue weighted by atomic mass is 9.83. The van der Waals surface area contributed by atoms with Crippen LogP contribution in [0.4, 0.5) is 0 Å². The molecule has 130 valence electrons. The van der Waals surface area contributed by atoms with Gasteiger partial charge in [-0.1, -0.05) is 42.7 Å². The summed E-state index contributed by atoms with van der Waals surface area (Å²) >= 11 is 0. The standard InChI is InChI=1S/C20H28N2O2/c1-14-7-9-16(10-8-14)19-17(11-12-18(23)22(19)2)20(24)21-13-15-5-3-4-6-15/h7-10,15,17,19H,3-6,11-13H2,1-2H3,(H,21,24)/t17-,19+/m1/s1. The predicted molar refractivity (Wildman–Crippen MR) is 94.4 cm³/mol. The maximum atomic E-state index is 12.8. The molecule has 1 aliphatic heterocycles. The highest BCUT2D eigenvalue weighted by molar-refractivity contribution is 5.84. The van der Waals surface area contributed by atoms with Crippen LogP contribution in [-0.4, -0.2) is 30.3 Å². The van der Waals surface area contributed by atoms with Crippen molar-refractivity contribution < 1.29 is 9.59 Å². The van der Waals surface area contributed by atoms with Gasteiger partial charge in [0.1, 0.15) is 0 Å². The molecule has 24 heavy (non-hydrogen) atoms. The summed E-state index contributed by atoms with van der Waals surface area (Å²) in [6.07, 6.45) is 6.12. The molecule has 1 saturated heterocycles. The molecular weight excluding hydrogens is 300 g/mol. The predicted octanol–water partition coefficient (Wildman–Crippen LogP) is 3.21. The number of aryl methyl sites for hydroxylation is 1. The first-order chi connectivity index (χ1) is 11.6. The normalized spacial score (nSPS) is 25.1. The minimum Gasteiger partial charge on any atom is -0.356 e. The van der Waals surface area contributed by atoms with Gasteiger partial charge in [0.2, 0.25) is 11.8 Å². The van der Waals surface area contributed by atoms with Gasteiger partial charge in [0.05, 0.1) is 12.0 Å². The molecule has 3 rings (SSSR count). The van der Waals surface area contributed by atoms with Crippen LogP contribution in [0, 0.1) is 18.8 Å². The lowest BCUT2D eigenvalue weighted by Gasteiger charge is -2.38. The first kappa shape index (κ1) is 17.0. The van der Waals surface area contributed by atoms with E-state index in [0.717, 1.165) is 12.1 Å². The van der Waals surface area contributed by atoms with Crippen LogP contribution in [0.1, 0.15) is 55.7 Å². The Kier molecular flexibility index (Phi) is 5.22. The molecule has 0 spiro atoms. The molecule has 2 amide bonds. The molecule has 1 N–H and O–H groups in total. The molecule has 0 bridgehead atoms. The van der Waals surface area contributed by atoms with Crippen LogP contribution >= 0.6 is 0 Å². The van der Waals surface area contributed by atoms with E-state index in [9.17, 15) is 9.59 Å². The summed E-state index contributed by atoms with van der Waals surface area (Å²) in [7, 11) is 1.82. The van der Waals surface area contributed by atoms with Crippen molar-refractivity contribution in [3.8, 4) is 0 Å². The van der Waals surface area contributed by atoms with Crippen molar-refractivity contribution in [1.29, 1.82) is 0 Å². The molecule has 4 heteroatoms. The van der Waals surface area contributed by atoms with Gasteiger partial charge in [0, 0.05) is 20.0 Å². The lowest BCUT2D eigenvalue weighted by molar-refractivity contribution is -0.141. The van der Waals surface area contributed by atoms with E-state index in [2.05, 4.69) is 17.4 Å². The van der Waals surface area contributed by atoms with Gasteiger partial charge in [-0.3, -0.25) is 9.59 Å². The summed E-state index contributed by atoms with van der Waals surface area (Å²) in [5.74, 6) is 0.707. The van der Waals surface area contributed by atoms with E-state index in [1.807, 2.05) is 26.1 Å². The first-order valence-corrected chi connectivity index (χ1v) is 9.16. The SMILES string of the molecule is Cc1ccc([C@H]2[C@H](C(=O)NCC3CCCC3)CCC(=O)N2C)cc1. The van der Waals surface area contributed by atoms with Gasteiger partial charge in [-0.05, 0) is 37.7 Å². The molecule has 1 aliphatic carbocycles. The third kappa shape index (κ3) is 3.63.